The average Bonchev–Trinajstić information content (AvgIpc) is 2.59. The Morgan fingerprint density at radius 1 is 0.885 bits per heavy atom. The van der Waals surface area contributed by atoms with E-state index in [0.717, 1.165) is 37.8 Å². The van der Waals surface area contributed by atoms with Crippen LogP contribution in [-0.4, -0.2) is 18.4 Å². The zero-order valence-electron chi connectivity index (χ0n) is 15.1. The van der Waals surface area contributed by atoms with E-state index in [1.807, 2.05) is 5.32 Å². The second-order valence-corrected chi connectivity index (χ2v) is 6.23. The molecule has 0 aliphatic rings. The van der Waals surface area contributed by atoms with Gasteiger partial charge in [0.15, 0.2) is 0 Å². The first-order valence-electron chi connectivity index (χ1n) is 9.11. The van der Waals surface area contributed by atoms with Crippen LogP contribution in [0.1, 0.15) is 63.9 Å². The minimum absolute atomic E-state index is 0.335. The number of nitrogens with one attached hydrogen (secondary N) is 2. The predicted molar refractivity (Wildman–Crippen MR) is 95.7 cm³/mol. The lowest BCUT2D eigenvalue weighted by Crippen LogP contribution is -2.36. The molecule has 2 amide bonds. The van der Waals surface area contributed by atoms with E-state index in [1.54, 1.807) is 0 Å². The third-order valence-electron chi connectivity index (χ3n) is 4.00. The fourth-order valence-corrected chi connectivity index (χ4v) is 2.56. The van der Waals surface area contributed by atoms with Gasteiger partial charge in [-0.15, -0.1) is 0 Å². The normalized spacial score (nSPS) is 11.2. The highest BCUT2D eigenvalue weighted by Gasteiger charge is 2.33. The Morgan fingerprint density at radius 3 is 2.08 bits per heavy atom. The highest BCUT2D eigenvalue weighted by atomic mass is 19.4. The van der Waals surface area contributed by atoms with Crippen molar-refractivity contribution in [1.29, 1.82) is 0 Å². The number of benzene rings is 1. The summed E-state index contributed by atoms with van der Waals surface area (Å²) in [6.45, 7) is 2.50. The minimum atomic E-state index is -4.60. The van der Waals surface area contributed by atoms with Gasteiger partial charge in [0.1, 0.15) is 0 Å². The summed E-state index contributed by atoms with van der Waals surface area (Å²) >= 11 is 0. The van der Waals surface area contributed by atoms with Crippen molar-refractivity contribution < 1.29 is 22.8 Å². The zero-order valence-corrected chi connectivity index (χ0v) is 15.1. The molecule has 7 heteroatoms. The Balaban J connectivity index is 2.29. The quantitative estimate of drug-likeness (QED) is 0.453. The van der Waals surface area contributed by atoms with Crippen molar-refractivity contribution in [3.8, 4) is 0 Å². The monoisotopic (exact) mass is 372 g/mol. The topological polar surface area (TPSA) is 58.2 Å². The fraction of sp³-hybridized carbons (Fsp3) is 0.579. The Hall–Kier alpha value is -2.05. The number of hydrogen-bond acceptors (Lipinski definition) is 2. The molecule has 1 rings (SSSR count). The Morgan fingerprint density at radius 2 is 1.46 bits per heavy atom. The Labute approximate surface area is 152 Å². The van der Waals surface area contributed by atoms with Crippen LogP contribution in [-0.2, 0) is 15.8 Å². The summed E-state index contributed by atoms with van der Waals surface area (Å²) in [6.07, 6.45) is 4.24. The zero-order chi connectivity index (χ0) is 19.4. The lowest BCUT2D eigenvalue weighted by molar-refractivity contribution is -0.138. The van der Waals surface area contributed by atoms with Gasteiger partial charge in [-0.3, -0.25) is 9.59 Å². The minimum Gasteiger partial charge on any atom is -0.348 e. The summed E-state index contributed by atoms with van der Waals surface area (Å²) < 4.78 is 38.6. The molecule has 0 aliphatic heterocycles. The molecule has 1 aromatic carbocycles. The number of anilines is 1. The Bertz CT molecular complexity index is 574. The van der Waals surface area contributed by atoms with Gasteiger partial charge in [-0.25, -0.2) is 0 Å². The van der Waals surface area contributed by atoms with Crippen LogP contribution in [0.25, 0.3) is 0 Å². The number of para-hydroxylation sites is 1. The van der Waals surface area contributed by atoms with E-state index in [9.17, 15) is 22.8 Å². The third-order valence-corrected chi connectivity index (χ3v) is 4.00. The molecule has 0 saturated heterocycles. The van der Waals surface area contributed by atoms with Crippen LogP contribution >= 0.6 is 0 Å². The van der Waals surface area contributed by atoms with Crippen molar-refractivity contribution in [2.75, 3.05) is 11.9 Å². The summed E-state index contributed by atoms with van der Waals surface area (Å²) in [6, 6.07) is 4.56. The van der Waals surface area contributed by atoms with Gasteiger partial charge in [0, 0.05) is 6.54 Å². The van der Waals surface area contributed by atoms with Crippen LogP contribution in [0.5, 0.6) is 0 Å². The van der Waals surface area contributed by atoms with Crippen LogP contribution in [0, 0.1) is 0 Å². The molecule has 0 heterocycles. The average molecular weight is 372 g/mol. The molecule has 0 aliphatic carbocycles. The van der Waals surface area contributed by atoms with Crippen molar-refractivity contribution in [2.45, 2.75) is 64.5 Å². The molecule has 0 fully saturated rings. The molecule has 0 saturated carbocycles. The lowest BCUT2D eigenvalue weighted by Gasteiger charge is -2.13. The van der Waals surface area contributed by atoms with Crippen molar-refractivity contribution in [3.63, 3.8) is 0 Å². The Kier molecular flexibility index (Phi) is 9.76. The van der Waals surface area contributed by atoms with Crippen molar-refractivity contribution >= 4 is 17.5 Å². The van der Waals surface area contributed by atoms with Gasteiger partial charge in [0.25, 0.3) is 0 Å². The third kappa shape index (κ3) is 8.36. The molecule has 4 nitrogen and oxygen atoms in total. The van der Waals surface area contributed by atoms with E-state index in [2.05, 4.69) is 12.2 Å². The number of alkyl halides is 3. The molecule has 0 radical (unpaired) electrons. The molecule has 2 N–H and O–H groups in total. The van der Waals surface area contributed by atoms with Gasteiger partial charge < -0.3 is 10.6 Å². The summed E-state index contributed by atoms with van der Waals surface area (Å²) in [5.74, 6) is -2.02. The molecular weight excluding hydrogens is 345 g/mol. The molecule has 1 aromatic rings. The van der Waals surface area contributed by atoms with Gasteiger partial charge in [-0.1, -0.05) is 64.0 Å². The summed E-state index contributed by atoms with van der Waals surface area (Å²) in [5.41, 5.74) is -1.41. The second-order valence-electron chi connectivity index (χ2n) is 6.23. The van der Waals surface area contributed by atoms with E-state index < -0.39 is 29.2 Å². The fourth-order valence-electron chi connectivity index (χ4n) is 2.56. The predicted octanol–water partition coefficient (Wildman–Crippen LogP) is 4.90. The first kappa shape index (κ1) is 22.0. The highest BCUT2D eigenvalue weighted by Crippen LogP contribution is 2.34. The van der Waals surface area contributed by atoms with Crippen LogP contribution in [0.15, 0.2) is 24.3 Å². The summed E-state index contributed by atoms with van der Waals surface area (Å²) in [5, 5.41) is 4.47. The molecule has 26 heavy (non-hydrogen) atoms. The van der Waals surface area contributed by atoms with Crippen molar-refractivity contribution in [3.05, 3.63) is 29.8 Å². The first-order valence-corrected chi connectivity index (χ1v) is 9.11. The smallest absolute Gasteiger partial charge is 0.348 e. The molecule has 146 valence electrons. The van der Waals surface area contributed by atoms with Crippen molar-refractivity contribution in [1.82, 2.24) is 5.32 Å². The first-order chi connectivity index (χ1) is 12.4. The largest absolute Gasteiger partial charge is 0.418 e. The van der Waals surface area contributed by atoms with E-state index in [1.165, 1.54) is 37.8 Å². The number of unbranched alkanes of at least 4 members (excludes halogenated alkanes) is 7. The standard InChI is InChI=1S/C19H27F3N2O2/c1-2-3-4-5-6-7-8-11-14-23-17(25)18(26)24-16-13-10-9-12-15(16)19(20,21)22/h9-10,12-13H,2-8,11,14H2,1H3,(H,23,25)(H,24,26). The lowest BCUT2D eigenvalue weighted by atomic mass is 10.1. The number of carbonyl (C=O) groups excluding carboxylic acids is 2. The number of rotatable bonds is 10. The maximum Gasteiger partial charge on any atom is 0.418 e. The van der Waals surface area contributed by atoms with E-state index in [0.29, 0.717) is 6.54 Å². The molecule has 0 aromatic heterocycles. The summed E-state index contributed by atoms with van der Waals surface area (Å²) in [7, 11) is 0. The van der Waals surface area contributed by atoms with Gasteiger partial charge >= 0.3 is 18.0 Å². The van der Waals surface area contributed by atoms with Crippen LogP contribution < -0.4 is 10.6 Å². The maximum atomic E-state index is 12.9. The van der Waals surface area contributed by atoms with Crippen LogP contribution in [0.2, 0.25) is 0 Å². The van der Waals surface area contributed by atoms with Gasteiger partial charge in [-0.05, 0) is 18.6 Å². The van der Waals surface area contributed by atoms with E-state index in [4.69, 9.17) is 0 Å². The van der Waals surface area contributed by atoms with E-state index in [-0.39, 0.29) is 0 Å². The molecule has 0 unspecified atom stereocenters. The molecule has 0 spiro atoms. The van der Waals surface area contributed by atoms with E-state index >= 15 is 0 Å². The van der Waals surface area contributed by atoms with Gasteiger partial charge in [0.2, 0.25) is 0 Å². The van der Waals surface area contributed by atoms with Gasteiger partial charge in [0.05, 0.1) is 11.3 Å². The molecular formula is C19H27F3N2O2. The number of hydrogen-bond donors (Lipinski definition) is 2. The molecule has 0 bridgehead atoms. The highest BCUT2D eigenvalue weighted by molar-refractivity contribution is 6.39. The number of carbonyl (C=O) groups is 2. The second kappa shape index (κ2) is 11.5. The number of amides is 2. The molecule has 0 atom stereocenters. The maximum absolute atomic E-state index is 12.9. The van der Waals surface area contributed by atoms with Crippen molar-refractivity contribution in [2.24, 2.45) is 0 Å². The van der Waals surface area contributed by atoms with Crippen LogP contribution in [0.4, 0.5) is 18.9 Å². The van der Waals surface area contributed by atoms with Crippen LogP contribution in [0.3, 0.4) is 0 Å². The van der Waals surface area contributed by atoms with Gasteiger partial charge in [-0.2, -0.15) is 13.2 Å². The summed E-state index contributed by atoms with van der Waals surface area (Å²) in [4.78, 5) is 23.5. The SMILES string of the molecule is CCCCCCCCCCNC(=O)C(=O)Nc1ccccc1C(F)(F)F. The number of halogens is 3.